The molecule has 25 nitrogen and oxygen atoms in total. The third kappa shape index (κ3) is 25.1. The summed E-state index contributed by atoms with van der Waals surface area (Å²) in [6.45, 7) is 5.04. The number of para-hydroxylation sites is 4. The number of nitrogens with two attached hydrogens (primary N) is 1. The van der Waals surface area contributed by atoms with Gasteiger partial charge >= 0.3 is 0 Å². The van der Waals surface area contributed by atoms with Crippen LogP contribution in [0.1, 0.15) is 152 Å². The summed E-state index contributed by atoms with van der Waals surface area (Å²) in [6, 6.07) is 67.1. The van der Waals surface area contributed by atoms with Gasteiger partial charge in [-0.05, 0) is 196 Å². The van der Waals surface area contributed by atoms with E-state index in [4.69, 9.17) is 68.4 Å². The number of nitrogens with zero attached hydrogens (tertiary/aromatic N) is 5. The predicted molar refractivity (Wildman–Crippen MR) is 463 cm³/mol. The van der Waals surface area contributed by atoms with E-state index in [2.05, 4.69) is 67.5 Å². The van der Waals surface area contributed by atoms with Crippen LogP contribution in [0.5, 0.6) is 0 Å². The summed E-state index contributed by atoms with van der Waals surface area (Å²) in [5, 5.41) is 46.5. The summed E-state index contributed by atoms with van der Waals surface area (Å²) in [6.07, 6.45) is 10.3. The van der Waals surface area contributed by atoms with Gasteiger partial charge in [0.15, 0.2) is 0 Å². The van der Waals surface area contributed by atoms with Crippen molar-refractivity contribution in [1.82, 2.24) is 19.9 Å². The molecular weight excluding hydrogens is 1560 g/mol. The SMILES string of the molecule is CC(=N)c1ccc(C(=O)Nc2ccccc2C(=O)Nc2ccc(Cl)cn2)cc1.CC(=N)c1ccc(C(=O)Nc2ccccc2C(=O)Nc2ccc(Cl)cn2)cc1.CC(=N)c1ccc(C(=O)Nc2ccccc2C(=O)Nc2ccc(Cl)cn2)cc1.NC(=NC1CCCC1)c1ccc(C(=O)Nc2ccccc2C(=O)Nc2ccc(Cl)cn2)cc1. The van der Waals surface area contributed by atoms with Crippen molar-refractivity contribution in [3.63, 3.8) is 0 Å². The number of nitrogens with one attached hydrogen (secondary N) is 11. The van der Waals surface area contributed by atoms with E-state index in [1.165, 1.54) is 37.6 Å². The molecule has 12 aromatic rings. The van der Waals surface area contributed by atoms with Gasteiger partial charge in [0.25, 0.3) is 47.3 Å². The zero-order chi connectivity index (χ0) is 83.5. The van der Waals surface area contributed by atoms with Crippen molar-refractivity contribution in [2.45, 2.75) is 52.5 Å². The van der Waals surface area contributed by atoms with Gasteiger partial charge in [-0.1, -0.05) is 156 Å². The molecule has 8 amide bonds. The largest absolute Gasteiger partial charge is 0.383 e. The Bertz CT molecular complexity index is 5260. The van der Waals surface area contributed by atoms with Gasteiger partial charge in [0.05, 0.1) is 71.1 Å². The number of rotatable bonds is 21. The second-order valence-electron chi connectivity index (χ2n) is 25.9. The van der Waals surface area contributed by atoms with Gasteiger partial charge in [0, 0.05) is 69.7 Å². The van der Waals surface area contributed by atoms with E-state index in [0.29, 0.717) is 140 Å². The second kappa shape index (κ2) is 41.5. The van der Waals surface area contributed by atoms with Gasteiger partial charge in [-0.25, -0.2) is 19.9 Å². The number of hydrogen-bond acceptors (Lipinski definition) is 16. The van der Waals surface area contributed by atoms with Crippen molar-refractivity contribution in [3.8, 4) is 0 Å². The normalized spacial score (nSPS) is 11.3. The van der Waals surface area contributed by atoms with Crippen LogP contribution in [0.3, 0.4) is 0 Å². The van der Waals surface area contributed by atoms with Crippen molar-refractivity contribution < 1.29 is 38.4 Å². The molecule has 29 heteroatoms. The minimum absolute atomic E-state index is 0.290. The molecule has 8 aromatic carbocycles. The Balaban J connectivity index is 0.000000165. The Hall–Kier alpha value is -14.2. The van der Waals surface area contributed by atoms with Gasteiger partial charge < -0.3 is 64.5 Å². The number of aromatic nitrogens is 4. The fourth-order valence-corrected chi connectivity index (χ4v) is 11.6. The maximum Gasteiger partial charge on any atom is 0.258 e. The molecule has 0 atom stereocenters. The number of amides is 8. The number of amidine groups is 1. The van der Waals surface area contributed by atoms with Crippen LogP contribution in [0.2, 0.25) is 20.1 Å². The molecule has 0 aliphatic heterocycles. The lowest BCUT2D eigenvalue weighted by Gasteiger charge is -2.12. The first-order chi connectivity index (χ1) is 56.3. The van der Waals surface area contributed by atoms with Crippen LogP contribution in [0, 0.1) is 16.2 Å². The number of carbonyl (C=O) groups excluding carboxylic acids is 8. The molecule has 0 unspecified atom stereocenters. The molecule has 1 aliphatic rings. The number of aliphatic imine (C=N–C) groups is 1. The maximum atomic E-state index is 12.8. The smallest absolute Gasteiger partial charge is 0.258 e. The van der Waals surface area contributed by atoms with E-state index in [9.17, 15) is 38.4 Å². The maximum absolute atomic E-state index is 12.8. The zero-order valence-corrected chi connectivity index (χ0v) is 65.9. The van der Waals surface area contributed by atoms with E-state index in [-0.39, 0.29) is 23.6 Å². The molecule has 1 aliphatic carbocycles. The Morgan fingerprint density at radius 2 is 0.513 bits per heavy atom. The quantitative estimate of drug-likeness (QED) is 0.0235. The van der Waals surface area contributed by atoms with Crippen LogP contribution in [0.4, 0.5) is 46.0 Å². The molecule has 0 spiro atoms. The Morgan fingerprint density at radius 3 is 0.726 bits per heavy atom. The lowest BCUT2D eigenvalue weighted by Crippen LogP contribution is -2.19. The van der Waals surface area contributed by atoms with Gasteiger partial charge in [0.2, 0.25) is 0 Å². The molecule has 13 rings (SSSR count). The van der Waals surface area contributed by atoms with E-state index < -0.39 is 23.6 Å². The standard InChI is InChI=1S/C25H24ClN5O2.3C21H17ClN4O2/c26-18-13-14-22(28-15-18)31-25(33)20-7-3-4-8-21(20)30-24(32)17-11-9-16(10-12-17)23(27)29-19-5-1-2-6-19;3*1-13(23)14-6-8-15(9-7-14)20(27)25-18-5-3-2-4-17(18)21(28)26-19-11-10-16(22)12-24-19/h3-4,7-15,19H,1-2,5-6H2,(H2,27,29)(H,30,32)(H,28,31,33);3*2-12,23H,1H3,(H,25,27)(H,24,26,28). The topological polar surface area (TPSA) is 394 Å². The average molecular weight is 1640 g/mol. The summed E-state index contributed by atoms with van der Waals surface area (Å²) < 4.78 is 0. The van der Waals surface area contributed by atoms with Gasteiger partial charge in [-0.15, -0.1) is 0 Å². The number of carbonyl (C=O) groups is 8. The summed E-state index contributed by atoms with van der Waals surface area (Å²) >= 11 is 23.2. The highest BCUT2D eigenvalue weighted by Crippen LogP contribution is 2.27. The van der Waals surface area contributed by atoms with Crippen molar-refractivity contribution in [1.29, 1.82) is 16.2 Å². The molecule has 588 valence electrons. The number of anilines is 8. The van der Waals surface area contributed by atoms with Crippen LogP contribution in [-0.4, -0.2) is 96.2 Å². The molecule has 13 N–H and O–H groups in total. The van der Waals surface area contributed by atoms with Gasteiger partial charge in [-0.3, -0.25) is 43.3 Å². The van der Waals surface area contributed by atoms with Crippen molar-refractivity contribution in [3.05, 3.63) is 354 Å². The Kier molecular flexibility index (Phi) is 30.2. The molecule has 117 heavy (non-hydrogen) atoms. The van der Waals surface area contributed by atoms with E-state index in [1.807, 2.05) is 0 Å². The van der Waals surface area contributed by atoms with Crippen molar-refractivity contribution >= 4 is 163 Å². The molecule has 1 saturated carbocycles. The first-order valence-electron chi connectivity index (χ1n) is 36.0. The molecule has 0 saturated heterocycles. The number of hydrogen-bond donors (Lipinski definition) is 12. The lowest BCUT2D eigenvalue weighted by atomic mass is 10.1. The monoisotopic (exact) mass is 1640 g/mol. The zero-order valence-electron chi connectivity index (χ0n) is 62.9. The van der Waals surface area contributed by atoms with Gasteiger partial charge in [0.1, 0.15) is 29.1 Å². The van der Waals surface area contributed by atoms with Crippen LogP contribution in [-0.2, 0) is 0 Å². The highest BCUT2D eigenvalue weighted by atomic mass is 35.5. The van der Waals surface area contributed by atoms with Crippen LogP contribution in [0.15, 0.2) is 272 Å². The Labute approximate surface area is 692 Å². The van der Waals surface area contributed by atoms with Crippen molar-refractivity contribution in [2.75, 3.05) is 42.5 Å². The average Bonchev–Trinajstić information content (AvgIpc) is 1.28. The summed E-state index contributed by atoms with van der Waals surface area (Å²) in [5.41, 5.74) is 14.9. The number of benzene rings is 8. The molecule has 4 aromatic heterocycles. The van der Waals surface area contributed by atoms with E-state index in [1.54, 1.807) is 263 Å². The van der Waals surface area contributed by atoms with Crippen molar-refractivity contribution in [2.24, 2.45) is 10.7 Å². The first kappa shape index (κ1) is 85.2. The summed E-state index contributed by atoms with van der Waals surface area (Å²) in [7, 11) is 0. The Morgan fingerprint density at radius 1 is 0.299 bits per heavy atom. The number of pyridine rings is 4. The lowest BCUT2D eigenvalue weighted by molar-refractivity contribution is 0.101. The molecule has 0 bridgehead atoms. The minimum atomic E-state index is -0.402. The minimum Gasteiger partial charge on any atom is -0.383 e. The number of halogens is 4. The summed E-state index contributed by atoms with van der Waals surface area (Å²) in [5.74, 6) is -1.07. The first-order valence-corrected chi connectivity index (χ1v) is 37.6. The van der Waals surface area contributed by atoms with E-state index >= 15 is 0 Å². The second-order valence-corrected chi connectivity index (χ2v) is 27.6. The fourth-order valence-electron chi connectivity index (χ4n) is 11.2. The highest BCUT2D eigenvalue weighted by Gasteiger charge is 2.22. The van der Waals surface area contributed by atoms with E-state index in [0.717, 1.165) is 35.1 Å². The molecule has 0 radical (unpaired) electrons. The predicted octanol–water partition coefficient (Wildman–Crippen LogP) is 18.8. The molecule has 1 fully saturated rings. The van der Waals surface area contributed by atoms with Crippen LogP contribution < -0.4 is 48.3 Å². The third-order valence-corrected chi connectivity index (χ3v) is 18.3. The summed E-state index contributed by atoms with van der Waals surface area (Å²) in [4.78, 5) is 122. The fraction of sp³-hybridized carbons (Fsp3) is 0.0909. The molecular formula is C88H75Cl4N17O8. The third-order valence-electron chi connectivity index (χ3n) is 17.4. The van der Waals surface area contributed by atoms with Crippen LogP contribution >= 0.6 is 46.4 Å². The molecule has 4 heterocycles. The highest BCUT2D eigenvalue weighted by molar-refractivity contribution is 6.31. The van der Waals surface area contributed by atoms with Crippen LogP contribution in [0.25, 0.3) is 0 Å². The van der Waals surface area contributed by atoms with Gasteiger partial charge in [-0.2, -0.15) is 0 Å².